The number of aromatic hydroxyl groups is 1. The highest BCUT2D eigenvalue weighted by molar-refractivity contribution is 9.10. The second-order valence-electron chi connectivity index (χ2n) is 4.25. The highest BCUT2D eigenvalue weighted by Gasteiger charge is 2.15. The molecule has 0 aliphatic rings. The average molecular weight is 349 g/mol. The van der Waals surface area contributed by atoms with Crippen molar-refractivity contribution in [1.82, 2.24) is 5.43 Å². The molecule has 0 aliphatic carbocycles. The van der Waals surface area contributed by atoms with Crippen LogP contribution in [0.4, 0.5) is 0 Å². The summed E-state index contributed by atoms with van der Waals surface area (Å²) >= 11 is 3.30. The molecule has 21 heavy (non-hydrogen) atoms. The first kappa shape index (κ1) is 15.2. The molecule has 3 N–H and O–H groups in total. The normalized spacial score (nSPS) is 12.3. The molecule has 0 radical (unpaired) electrons. The van der Waals surface area contributed by atoms with E-state index in [1.165, 1.54) is 18.3 Å². The maximum atomic E-state index is 11.7. The highest BCUT2D eigenvalue weighted by atomic mass is 79.9. The van der Waals surface area contributed by atoms with Gasteiger partial charge >= 0.3 is 0 Å². The Labute approximate surface area is 130 Å². The molecule has 0 aromatic heterocycles. The minimum atomic E-state index is -1.28. The summed E-state index contributed by atoms with van der Waals surface area (Å²) in [4.78, 5) is 11.7. The van der Waals surface area contributed by atoms with E-state index >= 15 is 0 Å². The predicted molar refractivity (Wildman–Crippen MR) is 82.9 cm³/mol. The molecule has 5 nitrogen and oxygen atoms in total. The van der Waals surface area contributed by atoms with E-state index in [0.29, 0.717) is 11.1 Å². The number of aliphatic hydroxyl groups excluding tert-OH is 1. The summed E-state index contributed by atoms with van der Waals surface area (Å²) in [6.07, 6.45) is 0.0929. The lowest BCUT2D eigenvalue weighted by molar-refractivity contribution is -0.129. The Morgan fingerprint density at radius 2 is 1.95 bits per heavy atom. The third-order valence-electron chi connectivity index (χ3n) is 2.72. The number of carbonyl (C=O) groups excluding carboxylic acids is 1. The molecule has 1 unspecified atom stereocenters. The smallest absolute Gasteiger partial charge is 0.273 e. The Hall–Kier alpha value is -2.18. The summed E-state index contributed by atoms with van der Waals surface area (Å²) in [7, 11) is 0. The van der Waals surface area contributed by atoms with E-state index in [4.69, 9.17) is 0 Å². The van der Waals surface area contributed by atoms with Crippen molar-refractivity contribution in [1.29, 1.82) is 0 Å². The largest absolute Gasteiger partial charge is 0.508 e. The Morgan fingerprint density at radius 3 is 2.67 bits per heavy atom. The maximum Gasteiger partial charge on any atom is 0.273 e. The van der Waals surface area contributed by atoms with Crippen molar-refractivity contribution < 1.29 is 15.0 Å². The third-order valence-corrected chi connectivity index (χ3v) is 3.44. The van der Waals surface area contributed by atoms with Crippen LogP contribution >= 0.6 is 15.9 Å². The van der Waals surface area contributed by atoms with Gasteiger partial charge in [0.15, 0.2) is 6.10 Å². The molecule has 2 aromatic carbocycles. The molecule has 0 fully saturated rings. The fraction of sp³-hybridized carbons (Fsp3) is 0.0667. The second-order valence-corrected chi connectivity index (χ2v) is 5.11. The fourth-order valence-electron chi connectivity index (χ4n) is 1.64. The number of carbonyl (C=O) groups is 1. The van der Waals surface area contributed by atoms with Crippen molar-refractivity contribution in [2.75, 3.05) is 0 Å². The molecule has 1 atom stereocenters. The number of hydrazone groups is 1. The summed E-state index contributed by atoms with van der Waals surface area (Å²) in [5.74, 6) is -0.538. The Balaban J connectivity index is 2.01. The summed E-state index contributed by atoms with van der Waals surface area (Å²) in [5.41, 5.74) is 3.35. The first-order valence-electron chi connectivity index (χ1n) is 6.12. The van der Waals surface area contributed by atoms with Gasteiger partial charge in [0.2, 0.25) is 0 Å². The Morgan fingerprint density at radius 1 is 1.24 bits per heavy atom. The topological polar surface area (TPSA) is 81.9 Å². The van der Waals surface area contributed by atoms with Crippen LogP contribution in [0.1, 0.15) is 17.2 Å². The summed E-state index contributed by atoms with van der Waals surface area (Å²) in [6.45, 7) is 0. The molecular weight excluding hydrogens is 336 g/mol. The molecule has 6 heteroatoms. The summed E-state index contributed by atoms with van der Waals surface area (Å²) in [5, 5.41) is 23.0. The number of hydrogen-bond acceptors (Lipinski definition) is 4. The minimum Gasteiger partial charge on any atom is -0.508 e. The number of phenols is 1. The maximum absolute atomic E-state index is 11.7. The van der Waals surface area contributed by atoms with Crippen molar-refractivity contribution >= 4 is 28.1 Å². The van der Waals surface area contributed by atoms with Gasteiger partial charge in [-0.25, -0.2) is 5.43 Å². The SMILES string of the molecule is O=C(N/N=C/c1cc(O)ccc1Br)C(O)c1ccccc1. The number of nitrogens with zero attached hydrogens (tertiary/aromatic N) is 1. The van der Waals surface area contributed by atoms with E-state index in [9.17, 15) is 15.0 Å². The Kier molecular flexibility index (Phi) is 5.08. The van der Waals surface area contributed by atoms with Crippen LogP contribution < -0.4 is 5.43 Å². The summed E-state index contributed by atoms with van der Waals surface area (Å²) < 4.78 is 0.724. The van der Waals surface area contributed by atoms with E-state index in [1.54, 1.807) is 36.4 Å². The molecule has 0 spiro atoms. The van der Waals surface area contributed by atoms with E-state index in [0.717, 1.165) is 4.47 Å². The minimum absolute atomic E-state index is 0.0929. The van der Waals surface area contributed by atoms with Crippen molar-refractivity contribution in [3.8, 4) is 5.75 Å². The molecule has 0 aliphatic heterocycles. The molecule has 0 heterocycles. The van der Waals surface area contributed by atoms with E-state index in [1.807, 2.05) is 0 Å². The van der Waals surface area contributed by atoms with Crippen molar-refractivity contribution in [3.63, 3.8) is 0 Å². The molecule has 1 amide bonds. The van der Waals surface area contributed by atoms with Gasteiger partial charge in [-0.1, -0.05) is 46.3 Å². The van der Waals surface area contributed by atoms with Crippen LogP contribution in [-0.2, 0) is 4.79 Å². The number of aliphatic hydroxyl groups is 1. The number of hydrogen-bond donors (Lipinski definition) is 3. The zero-order chi connectivity index (χ0) is 15.2. The quantitative estimate of drug-likeness (QED) is 0.585. The highest BCUT2D eigenvalue weighted by Crippen LogP contribution is 2.20. The standard InChI is InChI=1S/C15H13BrN2O3/c16-13-7-6-12(19)8-11(13)9-17-18-15(21)14(20)10-4-2-1-3-5-10/h1-9,14,19-20H,(H,18,21)/b17-9+. The second kappa shape index (κ2) is 7.01. The van der Waals surface area contributed by atoms with Crippen LogP contribution in [0.25, 0.3) is 0 Å². The van der Waals surface area contributed by atoms with E-state index in [-0.39, 0.29) is 5.75 Å². The van der Waals surface area contributed by atoms with Gasteiger partial charge in [-0.2, -0.15) is 5.10 Å². The molecule has 0 bridgehead atoms. The Bertz CT molecular complexity index is 659. The third kappa shape index (κ3) is 4.14. The van der Waals surface area contributed by atoms with Crippen molar-refractivity contribution in [3.05, 3.63) is 64.1 Å². The lowest BCUT2D eigenvalue weighted by Crippen LogP contribution is -2.25. The predicted octanol–water partition coefficient (Wildman–Crippen LogP) is 2.34. The van der Waals surface area contributed by atoms with E-state index in [2.05, 4.69) is 26.5 Å². The number of phenolic OH excluding ortho intramolecular Hbond substituents is 1. The van der Waals surface area contributed by atoms with Crippen LogP contribution in [0.3, 0.4) is 0 Å². The lowest BCUT2D eigenvalue weighted by atomic mass is 10.1. The van der Waals surface area contributed by atoms with Crippen LogP contribution in [0.2, 0.25) is 0 Å². The van der Waals surface area contributed by atoms with Gasteiger partial charge in [-0.3, -0.25) is 4.79 Å². The van der Waals surface area contributed by atoms with Crippen LogP contribution in [0, 0.1) is 0 Å². The monoisotopic (exact) mass is 348 g/mol. The fourth-order valence-corrected chi connectivity index (χ4v) is 1.99. The number of amides is 1. The zero-order valence-electron chi connectivity index (χ0n) is 10.9. The number of nitrogens with one attached hydrogen (secondary N) is 1. The van der Waals surface area contributed by atoms with Crippen molar-refractivity contribution in [2.45, 2.75) is 6.10 Å². The van der Waals surface area contributed by atoms with Gasteiger partial charge in [0.1, 0.15) is 5.75 Å². The van der Waals surface area contributed by atoms with Crippen LogP contribution in [0.15, 0.2) is 58.1 Å². The number of halogens is 1. The molecular formula is C15H13BrN2O3. The molecule has 2 aromatic rings. The van der Waals surface area contributed by atoms with Gasteiger partial charge in [-0.05, 0) is 23.8 Å². The van der Waals surface area contributed by atoms with Crippen LogP contribution in [-0.4, -0.2) is 22.3 Å². The van der Waals surface area contributed by atoms with Gasteiger partial charge in [0, 0.05) is 10.0 Å². The average Bonchev–Trinajstić information content (AvgIpc) is 2.50. The molecule has 0 saturated heterocycles. The van der Waals surface area contributed by atoms with Gasteiger partial charge in [0.05, 0.1) is 6.21 Å². The first-order chi connectivity index (χ1) is 10.1. The van der Waals surface area contributed by atoms with E-state index < -0.39 is 12.0 Å². The lowest BCUT2D eigenvalue weighted by Gasteiger charge is -2.08. The zero-order valence-corrected chi connectivity index (χ0v) is 12.5. The first-order valence-corrected chi connectivity index (χ1v) is 6.91. The van der Waals surface area contributed by atoms with Gasteiger partial charge < -0.3 is 10.2 Å². The number of rotatable bonds is 4. The van der Waals surface area contributed by atoms with Crippen LogP contribution in [0.5, 0.6) is 5.75 Å². The number of benzene rings is 2. The molecule has 0 saturated carbocycles. The molecule has 108 valence electrons. The van der Waals surface area contributed by atoms with Gasteiger partial charge in [-0.15, -0.1) is 0 Å². The summed E-state index contributed by atoms with van der Waals surface area (Å²) in [6, 6.07) is 13.3. The molecule has 2 rings (SSSR count). The van der Waals surface area contributed by atoms with Crippen molar-refractivity contribution in [2.24, 2.45) is 5.10 Å². The van der Waals surface area contributed by atoms with Gasteiger partial charge in [0.25, 0.3) is 5.91 Å².